The number of ether oxygens (including phenoxy) is 1. The Morgan fingerprint density at radius 1 is 1.28 bits per heavy atom. The monoisotopic (exact) mass is 245 g/mol. The average Bonchev–Trinajstić information content (AvgIpc) is 2.38. The number of rotatable bonds is 3. The largest absolute Gasteiger partial charge is 0.496 e. The molecular formula is C14H15NO3. The highest BCUT2D eigenvalue weighted by atomic mass is 16.5. The van der Waals surface area contributed by atoms with Crippen molar-refractivity contribution in [3.63, 3.8) is 0 Å². The number of aryl methyl sites for hydroxylation is 1. The Labute approximate surface area is 105 Å². The number of benzene rings is 1. The molecule has 2 aromatic rings. The Morgan fingerprint density at radius 3 is 2.67 bits per heavy atom. The van der Waals surface area contributed by atoms with Gasteiger partial charge in [-0.1, -0.05) is 11.6 Å². The van der Waals surface area contributed by atoms with Gasteiger partial charge < -0.3 is 14.8 Å². The predicted molar refractivity (Wildman–Crippen MR) is 69.7 cm³/mol. The number of aromatic amines is 1. The highest BCUT2D eigenvalue weighted by molar-refractivity contribution is 5.68. The van der Waals surface area contributed by atoms with E-state index in [4.69, 9.17) is 9.84 Å². The molecule has 0 aliphatic carbocycles. The van der Waals surface area contributed by atoms with Gasteiger partial charge in [-0.05, 0) is 31.2 Å². The van der Waals surface area contributed by atoms with Gasteiger partial charge in [0.2, 0.25) is 0 Å². The summed E-state index contributed by atoms with van der Waals surface area (Å²) < 4.78 is 5.28. The summed E-state index contributed by atoms with van der Waals surface area (Å²) in [6.07, 6.45) is 0. The summed E-state index contributed by atoms with van der Waals surface area (Å²) in [4.78, 5) is 14.4. The normalized spacial score (nSPS) is 10.4. The highest BCUT2D eigenvalue weighted by Crippen LogP contribution is 2.28. The van der Waals surface area contributed by atoms with Crippen LogP contribution in [0.25, 0.3) is 11.3 Å². The lowest BCUT2D eigenvalue weighted by molar-refractivity contribution is 0.280. The Balaban J connectivity index is 2.58. The number of hydrogen-bond donors (Lipinski definition) is 2. The lowest BCUT2D eigenvalue weighted by Crippen LogP contribution is -2.12. The van der Waals surface area contributed by atoms with E-state index < -0.39 is 0 Å². The minimum atomic E-state index is -0.279. The van der Waals surface area contributed by atoms with Crippen molar-refractivity contribution in [3.05, 3.63) is 51.8 Å². The number of methoxy groups -OCH3 is 1. The van der Waals surface area contributed by atoms with Crippen LogP contribution in [0.4, 0.5) is 0 Å². The lowest BCUT2D eigenvalue weighted by atomic mass is 10.1. The predicted octanol–water partition coefficient (Wildman–Crippen LogP) is 1.85. The summed E-state index contributed by atoms with van der Waals surface area (Å²) in [5.74, 6) is 0.702. The molecule has 0 fully saturated rings. The fourth-order valence-corrected chi connectivity index (χ4v) is 1.82. The number of aliphatic hydroxyl groups excluding tert-OH is 1. The van der Waals surface area contributed by atoms with Crippen LogP contribution >= 0.6 is 0 Å². The first kappa shape index (κ1) is 12.4. The van der Waals surface area contributed by atoms with E-state index in [-0.39, 0.29) is 12.2 Å². The highest BCUT2D eigenvalue weighted by Gasteiger charge is 2.08. The number of aromatic nitrogens is 1. The molecule has 0 unspecified atom stereocenters. The fraction of sp³-hybridized carbons (Fsp3) is 0.214. The smallest absolute Gasteiger partial charge is 0.253 e. The van der Waals surface area contributed by atoms with Crippen LogP contribution in [0.2, 0.25) is 0 Å². The molecule has 0 amide bonds. The van der Waals surface area contributed by atoms with Crippen molar-refractivity contribution in [2.75, 3.05) is 7.11 Å². The van der Waals surface area contributed by atoms with Crippen LogP contribution in [-0.4, -0.2) is 17.2 Å². The molecule has 1 aromatic heterocycles. The van der Waals surface area contributed by atoms with E-state index in [1.807, 2.05) is 25.1 Å². The van der Waals surface area contributed by atoms with Gasteiger partial charge in [0.25, 0.3) is 5.56 Å². The summed E-state index contributed by atoms with van der Waals surface area (Å²) >= 11 is 0. The van der Waals surface area contributed by atoms with Crippen molar-refractivity contribution in [2.45, 2.75) is 13.5 Å². The van der Waals surface area contributed by atoms with Gasteiger partial charge in [-0.15, -0.1) is 0 Å². The Bertz CT molecular complexity index is 617. The van der Waals surface area contributed by atoms with E-state index >= 15 is 0 Å². The molecule has 4 nitrogen and oxygen atoms in total. The van der Waals surface area contributed by atoms with Crippen molar-refractivity contribution in [2.24, 2.45) is 0 Å². The van der Waals surface area contributed by atoms with Crippen LogP contribution in [0.1, 0.15) is 11.1 Å². The van der Waals surface area contributed by atoms with Gasteiger partial charge in [0.05, 0.1) is 19.4 Å². The summed E-state index contributed by atoms with van der Waals surface area (Å²) in [6, 6.07) is 9.15. The van der Waals surface area contributed by atoms with Crippen molar-refractivity contribution in [1.29, 1.82) is 0 Å². The molecule has 4 heteroatoms. The maximum atomic E-state index is 11.7. The second-order valence-electron chi connectivity index (χ2n) is 4.09. The zero-order valence-electron chi connectivity index (χ0n) is 10.4. The lowest BCUT2D eigenvalue weighted by Gasteiger charge is -2.09. The van der Waals surface area contributed by atoms with Crippen LogP contribution in [0.3, 0.4) is 0 Å². The zero-order valence-corrected chi connectivity index (χ0v) is 10.4. The van der Waals surface area contributed by atoms with E-state index in [1.165, 1.54) is 0 Å². The first-order valence-corrected chi connectivity index (χ1v) is 5.63. The Kier molecular flexibility index (Phi) is 3.48. The van der Waals surface area contributed by atoms with E-state index in [1.54, 1.807) is 19.2 Å². The van der Waals surface area contributed by atoms with E-state index in [0.717, 1.165) is 11.1 Å². The second-order valence-corrected chi connectivity index (χ2v) is 4.09. The maximum absolute atomic E-state index is 11.7. The molecule has 1 heterocycles. The molecule has 0 spiro atoms. The first-order chi connectivity index (χ1) is 8.65. The Morgan fingerprint density at radius 2 is 2.06 bits per heavy atom. The van der Waals surface area contributed by atoms with Gasteiger partial charge in [0.1, 0.15) is 5.75 Å². The van der Waals surface area contributed by atoms with Gasteiger partial charge in [0, 0.05) is 11.1 Å². The number of H-pyrrole nitrogens is 1. The molecule has 0 aliphatic heterocycles. The molecule has 0 aliphatic rings. The maximum Gasteiger partial charge on any atom is 0.253 e. The molecule has 0 saturated heterocycles. The first-order valence-electron chi connectivity index (χ1n) is 5.63. The summed E-state index contributed by atoms with van der Waals surface area (Å²) in [5, 5.41) is 8.98. The number of hydrogen-bond acceptors (Lipinski definition) is 3. The van der Waals surface area contributed by atoms with Gasteiger partial charge in [0.15, 0.2) is 0 Å². The Hall–Kier alpha value is -2.07. The molecule has 18 heavy (non-hydrogen) atoms. The summed E-state index contributed by atoms with van der Waals surface area (Å²) in [5.41, 5.74) is 2.67. The summed E-state index contributed by atoms with van der Waals surface area (Å²) in [7, 11) is 1.59. The molecule has 0 atom stereocenters. The zero-order chi connectivity index (χ0) is 13.1. The van der Waals surface area contributed by atoms with Gasteiger partial charge in [-0.3, -0.25) is 4.79 Å². The minimum Gasteiger partial charge on any atom is -0.496 e. The van der Waals surface area contributed by atoms with E-state index in [0.29, 0.717) is 17.0 Å². The van der Waals surface area contributed by atoms with Crippen LogP contribution in [-0.2, 0) is 6.61 Å². The standard InChI is InChI=1S/C14H15NO3/c1-9-3-6-13(18-2)11(7-9)12-5-4-10(8-16)14(17)15-12/h3-7,16H,8H2,1-2H3,(H,15,17). The number of aliphatic hydroxyl groups is 1. The van der Waals surface area contributed by atoms with Crippen LogP contribution < -0.4 is 10.3 Å². The summed E-state index contributed by atoms with van der Waals surface area (Å²) in [6.45, 7) is 1.71. The quantitative estimate of drug-likeness (QED) is 0.867. The third-order valence-corrected chi connectivity index (χ3v) is 2.81. The van der Waals surface area contributed by atoms with Crippen LogP contribution in [0.5, 0.6) is 5.75 Å². The molecule has 0 bridgehead atoms. The molecule has 0 radical (unpaired) electrons. The molecule has 2 N–H and O–H groups in total. The average molecular weight is 245 g/mol. The fourth-order valence-electron chi connectivity index (χ4n) is 1.82. The van der Waals surface area contributed by atoms with Crippen molar-refractivity contribution >= 4 is 0 Å². The van der Waals surface area contributed by atoms with Gasteiger partial charge in [-0.25, -0.2) is 0 Å². The second kappa shape index (κ2) is 5.06. The van der Waals surface area contributed by atoms with Crippen LogP contribution in [0, 0.1) is 6.92 Å². The third kappa shape index (κ3) is 2.28. The van der Waals surface area contributed by atoms with Crippen molar-refractivity contribution in [1.82, 2.24) is 4.98 Å². The van der Waals surface area contributed by atoms with Gasteiger partial charge >= 0.3 is 0 Å². The molecule has 1 aromatic carbocycles. The molecule has 2 rings (SSSR count). The third-order valence-electron chi connectivity index (χ3n) is 2.81. The van der Waals surface area contributed by atoms with Gasteiger partial charge in [-0.2, -0.15) is 0 Å². The molecular weight excluding hydrogens is 230 g/mol. The SMILES string of the molecule is COc1ccc(C)cc1-c1ccc(CO)c(=O)[nH]1. The van der Waals surface area contributed by atoms with Crippen LogP contribution in [0.15, 0.2) is 35.1 Å². The number of pyridine rings is 1. The molecule has 94 valence electrons. The van der Waals surface area contributed by atoms with Crippen molar-refractivity contribution in [3.8, 4) is 17.0 Å². The molecule has 0 saturated carbocycles. The number of nitrogens with one attached hydrogen (secondary N) is 1. The minimum absolute atomic E-state index is 0.263. The van der Waals surface area contributed by atoms with E-state index in [2.05, 4.69) is 4.98 Å². The van der Waals surface area contributed by atoms with E-state index in [9.17, 15) is 4.79 Å². The van der Waals surface area contributed by atoms with Crippen molar-refractivity contribution < 1.29 is 9.84 Å². The topological polar surface area (TPSA) is 62.3 Å².